The number of nitrogens with one attached hydrogen (secondary N) is 2. The highest BCUT2D eigenvalue weighted by molar-refractivity contribution is 6.30. The number of methoxy groups -OCH3 is 3. The molecule has 0 spiro atoms. The molecule has 0 amide bonds. The lowest BCUT2D eigenvalue weighted by Gasteiger charge is -2.34. The van der Waals surface area contributed by atoms with Gasteiger partial charge in [0.2, 0.25) is 0 Å². The topological polar surface area (TPSA) is 67.4 Å². The van der Waals surface area contributed by atoms with E-state index in [9.17, 15) is 0 Å². The highest BCUT2D eigenvalue weighted by Gasteiger charge is 2.21. The molecule has 168 valence electrons. The molecule has 0 aromatic heterocycles. The Morgan fingerprint density at radius 2 is 1.71 bits per heavy atom. The number of anilines is 1. The number of hydrogen-bond donors (Lipinski definition) is 2. The zero-order valence-electron chi connectivity index (χ0n) is 18.6. The van der Waals surface area contributed by atoms with Crippen molar-refractivity contribution >= 4 is 23.2 Å². The molecule has 2 aromatic rings. The molecule has 2 N–H and O–H groups in total. The van der Waals surface area contributed by atoms with E-state index < -0.39 is 0 Å². The Kier molecular flexibility index (Phi) is 8.12. The number of ether oxygens (including phenoxy) is 3. The summed E-state index contributed by atoms with van der Waals surface area (Å²) in [7, 11) is 6.78. The Morgan fingerprint density at radius 3 is 2.29 bits per heavy atom. The first-order chi connectivity index (χ1) is 15.1. The first-order valence-corrected chi connectivity index (χ1v) is 10.7. The van der Waals surface area contributed by atoms with Gasteiger partial charge in [0.05, 0.1) is 21.3 Å². The van der Waals surface area contributed by atoms with E-state index in [1.165, 1.54) is 0 Å². The van der Waals surface area contributed by atoms with Gasteiger partial charge in [-0.3, -0.25) is 4.99 Å². The van der Waals surface area contributed by atoms with Crippen LogP contribution in [0.1, 0.15) is 18.4 Å². The van der Waals surface area contributed by atoms with Gasteiger partial charge in [-0.15, -0.1) is 0 Å². The molecule has 1 aliphatic heterocycles. The van der Waals surface area contributed by atoms with E-state index in [1.54, 1.807) is 28.4 Å². The standard InChI is InChI=1S/C23H31ClN4O3/c1-25-23(26-15-16-5-6-17(24)11-22(16)31-4)27-18-7-9-28(10-8-18)19-12-20(29-2)14-21(13-19)30-3/h5-6,11-14,18H,7-10,15H2,1-4H3,(H2,25,26,27). The Bertz CT molecular complexity index is 876. The third-order valence-electron chi connectivity index (χ3n) is 5.46. The lowest BCUT2D eigenvalue weighted by atomic mass is 10.0. The van der Waals surface area contributed by atoms with E-state index in [-0.39, 0.29) is 0 Å². The molecule has 1 aliphatic rings. The van der Waals surface area contributed by atoms with Gasteiger partial charge in [0.15, 0.2) is 5.96 Å². The fourth-order valence-electron chi connectivity index (χ4n) is 3.69. The largest absolute Gasteiger partial charge is 0.497 e. The molecule has 1 saturated heterocycles. The summed E-state index contributed by atoms with van der Waals surface area (Å²) >= 11 is 6.05. The van der Waals surface area contributed by atoms with Crippen LogP contribution < -0.4 is 29.7 Å². The highest BCUT2D eigenvalue weighted by Crippen LogP contribution is 2.30. The van der Waals surface area contributed by atoms with Crippen molar-refractivity contribution in [1.29, 1.82) is 0 Å². The highest BCUT2D eigenvalue weighted by atomic mass is 35.5. The normalized spacial score (nSPS) is 14.9. The predicted molar refractivity (Wildman–Crippen MR) is 126 cm³/mol. The van der Waals surface area contributed by atoms with Crippen LogP contribution in [0.5, 0.6) is 17.2 Å². The second kappa shape index (κ2) is 11.0. The first kappa shape index (κ1) is 22.9. The van der Waals surface area contributed by atoms with Gasteiger partial charge in [0.25, 0.3) is 0 Å². The molecule has 31 heavy (non-hydrogen) atoms. The minimum atomic E-state index is 0.349. The number of hydrogen-bond acceptors (Lipinski definition) is 5. The van der Waals surface area contributed by atoms with Gasteiger partial charge in [-0.25, -0.2) is 0 Å². The second-order valence-electron chi connectivity index (χ2n) is 7.36. The van der Waals surface area contributed by atoms with Crippen molar-refractivity contribution in [3.63, 3.8) is 0 Å². The third kappa shape index (κ3) is 6.10. The summed E-state index contributed by atoms with van der Waals surface area (Å²) in [6.45, 7) is 2.48. The molecular weight excluding hydrogens is 416 g/mol. The van der Waals surface area contributed by atoms with Crippen LogP contribution in [0.4, 0.5) is 5.69 Å². The number of benzene rings is 2. The molecule has 3 rings (SSSR count). The predicted octanol–water partition coefficient (Wildman–Crippen LogP) is 3.70. The van der Waals surface area contributed by atoms with E-state index in [2.05, 4.69) is 32.7 Å². The number of nitrogens with zero attached hydrogens (tertiary/aromatic N) is 2. The van der Waals surface area contributed by atoms with Crippen molar-refractivity contribution < 1.29 is 14.2 Å². The van der Waals surface area contributed by atoms with Gasteiger partial charge in [0, 0.05) is 67.2 Å². The fraction of sp³-hybridized carbons (Fsp3) is 0.435. The zero-order chi connectivity index (χ0) is 22.2. The number of aliphatic imine (C=N–C) groups is 1. The lowest BCUT2D eigenvalue weighted by Crippen LogP contribution is -2.48. The third-order valence-corrected chi connectivity index (χ3v) is 5.69. The van der Waals surface area contributed by atoms with Gasteiger partial charge in [0.1, 0.15) is 17.2 Å². The van der Waals surface area contributed by atoms with Gasteiger partial charge >= 0.3 is 0 Å². The van der Waals surface area contributed by atoms with Crippen LogP contribution in [-0.2, 0) is 6.54 Å². The van der Waals surface area contributed by atoms with E-state index in [0.29, 0.717) is 17.6 Å². The van der Waals surface area contributed by atoms with Gasteiger partial charge < -0.3 is 29.7 Å². The van der Waals surface area contributed by atoms with E-state index in [0.717, 1.165) is 60.4 Å². The monoisotopic (exact) mass is 446 g/mol. The Labute approximate surface area is 189 Å². The molecule has 8 heteroatoms. The zero-order valence-corrected chi connectivity index (χ0v) is 19.3. The maximum absolute atomic E-state index is 6.05. The van der Waals surface area contributed by atoms with Crippen LogP contribution in [-0.4, -0.2) is 53.5 Å². The van der Waals surface area contributed by atoms with E-state index >= 15 is 0 Å². The van der Waals surface area contributed by atoms with Crippen molar-refractivity contribution in [3.05, 3.63) is 47.0 Å². The molecule has 0 atom stereocenters. The molecule has 0 aliphatic carbocycles. The summed E-state index contributed by atoms with van der Waals surface area (Å²) in [4.78, 5) is 6.73. The van der Waals surface area contributed by atoms with Crippen LogP contribution in [0.3, 0.4) is 0 Å². The summed E-state index contributed by atoms with van der Waals surface area (Å²) in [5, 5.41) is 7.56. The van der Waals surface area contributed by atoms with Gasteiger partial charge in [-0.05, 0) is 25.0 Å². The number of guanidine groups is 1. The minimum absolute atomic E-state index is 0.349. The van der Waals surface area contributed by atoms with Crippen LogP contribution >= 0.6 is 11.6 Å². The van der Waals surface area contributed by atoms with Crippen LogP contribution in [0.15, 0.2) is 41.4 Å². The van der Waals surface area contributed by atoms with E-state index in [4.69, 9.17) is 25.8 Å². The average Bonchev–Trinajstić information content (AvgIpc) is 2.82. The Hall–Kier alpha value is -2.80. The first-order valence-electron chi connectivity index (χ1n) is 10.3. The molecule has 0 radical (unpaired) electrons. The van der Waals surface area contributed by atoms with Crippen LogP contribution in [0.25, 0.3) is 0 Å². The summed E-state index contributed by atoms with van der Waals surface area (Å²) < 4.78 is 16.2. The van der Waals surface area contributed by atoms with Crippen molar-refractivity contribution in [2.24, 2.45) is 4.99 Å². The Balaban J connectivity index is 1.54. The molecule has 7 nitrogen and oxygen atoms in total. The van der Waals surface area contributed by atoms with E-state index in [1.807, 2.05) is 24.3 Å². The maximum atomic E-state index is 6.05. The molecule has 0 bridgehead atoms. The van der Waals surface area contributed by atoms with Crippen LogP contribution in [0.2, 0.25) is 5.02 Å². The number of rotatable bonds is 7. The average molecular weight is 447 g/mol. The molecule has 0 unspecified atom stereocenters. The molecule has 1 fully saturated rings. The molecule has 0 saturated carbocycles. The quantitative estimate of drug-likeness (QED) is 0.499. The summed E-state index contributed by atoms with van der Waals surface area (Å²) in [6.07, 6.45) is 2.01. The van der Waals surface area contributed by atoms with Gasteiger partial charge in [-0.1, -0.05) is 17.7 Å². The van der Waals surface area contributed by atoms with Crippen LogP contribution in [0, 0.1) is 0 Å². The smallest absolute Gasteiger partial charge is 0.191 e. The molecular formula is C23H31ClN4O3. The Morgan fingerprint density at radius 1 is 1.03 bits per heavy atom. The molecule has 2 aromatic carbocycles. The number of piperidine rings is 1. The summed E-state index contributed by atoms with van der Waals surface area (Å²) in [6, 6.07) is 12.0. The lowest BCUT2D eigenvalue weighted by molar-refractivity contribution is 0.393. The van der Waals surface area contributed by atoms with Crippen molar-refractivity contribution in [2.45, 2.75) is 25.4 Å². The SMILES string of the molecule is CN=C(NCc1ccc(Cl)cc1OC)NC1CCN(c2cc(OC)cc(OC)c2)CC1. The van der Waals surface area contributed by atoms with Crippen molar-refractivity contribution in [2.75, 3.05) is 46.4 Å². The maximum Gasteiger partial charge on any atom is 0.191 e. The summed E-state index contributed by atoms with van der Waals surface area (Å²) in [5.74, 6) is 3.14. The number of halogens is 1. The fourth-order valence-corrected chi connectivity index (χ4v) is 3.85. The van der Waals surface area contributed by atoms with Crippen molar-refractivity contribution in [1.82, 2.24) is 10.6 Å². The van der Waals surface area contributed by atoms with Crippen molar-refractivity contribution in [3.8, 4) is 17.2 Å². The summed E-state index contributed by atoms with van der Waals surface area (Å²) in [5.41, 5.74) is 2.14. The second-order valence-corrected chi connectivity index (χ2v) is 7.79. The molecule has 1 heterocycles. The van der Waals surface area contributed by atoms with Gasteiger partial charge in [-0.2, -0.15) is 0 Å². The minimum Gasteiger partial charge on any atom is -0.497 e.